The van der Waals surface area contributed by atoms with Crippen LogP contribution in [0.3, 0.4) is 0 Å². The van der Waals surface area contributed by atoms with Crippen molar-refractivity contribution in [3.05, 3.63) is 65.2 Å². The van der Waals surface area contributed by atoms with Gasteiger partial charge in [-0.2, -0.15) is 0 Å². The lowest BCUT2D eigenvalue weighted by Gasteiger charge is -2.12. The number of amides is 2. The number of hydrogen-bond acceptors (Lipinski definition) is 3. The summed E-state index contributed by atoms with van der Waals surface area (Å²) in [4.78, 5) is 24.7. The molecule has 0 unspecified atom stereocenters. The first-order valence-corrected chi connectivity index (χ1v) is 9.76. The molecule has 150 valence electrons. The smallest absolute Gasteiger partial charge is 0.253 e. The average Bonchev–Trinajstić information content (AvgIpc) is 2.70. The molecule has 0 radical (unpaired) electrons. The highest BCUT2D eigenvalue weighted by Gasteiger charge is 2.13. The predicted octanol–water partition coefficient (Wildman–Crippen LogP) is 4.15. The number of anilines is 1. The van der Waals surface area contributed by atoms with Gasteiger partial charge in [-0.1, -0.05) is 50.2 Å². The molecule has 2 rings (SSSR count). The number of methoxy groups -OCH3 is 1. The summed E-state index contributed by atoms with van der Waals surface area (Å²) in [7, 11) is 1.63. The number of ether oxygens (including phenoxy) is 1. The lowest BCUT2D eigenvalue weighted by molar-refractivity contribution is -0.116. The third kappa shape index (κ3) is 6.82. The standard InChI is InChI=1S/C23H30N2O3/c1-17(2)19-12-9-18(10-13-19)11-14-22(26)25-21-8-5-4-7-20(21)23(27)24-15-6-16-28-3/h4-5,7-10,12-13,17H,6,11,14-16H2,1-3H3,(H,24,27)(H,25,26). The molecule has 0 spiro atoms. The number of carbonyl (C=O) groups excluding carboxylic acids is 2. The SMILES string of the molecule is COCCCNC(=O)c1ccccc1NC(=O)CCc1ccc(C(C)C)cc1. The number of rotatable bonds is 10. The minimum absolute atomic E-state index is 0.104. The molecule has 0 aliphatic carbocycles. The quantitative estimate of drug-likeness (QED) is 0.607. The molecule has 5 heteroatoms. The zero-order chi connectivity index (χ0) is 20.4. The second kappa shape index (κ2) is 11.2. The van der Waals surface area contributed by atoms with Gasteiger partial charge in [-0.25, -0.2) is 0 Å². The fourth-order valence-electron chi connectivity index (χ4n) is 2.84. The molecule has 0 heterocycles. The van der Waals surface area contributed by atoms with E-state index in [0.717, 1.165) is 12.0 Å². The van der Waals surface area contributed by atoms with E-state index in [1.54, 1.807) is 25.3 Å². The van der Waals surface area contributed by atoms with E-state index in [1.807, 2.05) is 6.07 Å². The highest BCUT2D eigenvalue weighted by molar-refractivity contribution is 6.03. The summed E-state index contributed by atoms with van der Waals surface area (Å²) in [5.74, 6) is 0.193. The first-order valence-electron chi connectivity index (χ1n) is 9.76. The third-order valence-corrected chi connectivity index (χ3v) is 4.54. The van der Waals surface area contributed by atoms with Crippen molar-refractivity contribution in [2.45, 2.75) is 39.0 Å². The van der Waals surface area contributed by atoms with Crippen molar-refractivity contribution < 1.29 is 14.3 Å². The van der Waals surface area contributed by atoms with E-state index < -0.39 is 0 Å². The lowest BCUT2D eigenvalue weighted by atomic mass is 10.0. The van der Waals surface area contributed by atoms with Crippen LogP contribution in [0, 0.1) is 0 Å². The Hall–Kier alpha value is -2.66. The number of hydrogen-bond donors (Lipinski definition) is 2. The minimum atomic E-state index is -0.198. The van der Waals surface area contributed by atoms with Crippen LogP contribution in [0.4, 0.5) is 5.69 Å². The summed E-state index contributed by atoms with van der Waals surface area (Å²) in [6, 6.07) is 15.4. The fraction of sp³-hybridized carbons (Fsp3) is 0.391. The maximum Gasteiger partial charge on any atom is 0.253 e. The molecule has 0 aromatic heterocycles. The van der Waals surface area contributed by atoms with Gasteiger partial charge in [-0.15, -0.1) is 0 Å². The van der Waals surface area contributed by atoms with Crippen molar-refractivity contribution in [2.24, 2.45) is 0 Å². The van der Waals surface area contributed by atoms with Crippen molar-refractivity contribution in [3.63, 3.8) is 0 Å². The monoisotopic (exact) mass is 382 g/mol. The topological polar surface area (TPSA) is 67.4 Å². The fourth-order valence-corrected chi connectivity index (χ4v) is 2.84. The Morgan fingerprint density at radius 2 is 1.75 bits per heavy atom. The molecule has 0 saturated carbocycles. The Bertz CT molecular complexity index is 770. The molecule has 0 atom stereocenters. The molecule has 2 N–H and O–H groups in total. The number of para-hydroxylation sites is 1. The summed E-state index contributed by atoms with van der Waals surface area (Å²) >= 11 is 0. The summed E-state index contributed by atoms with van der Waals surface area (Å²) in [6.07, 6.45) is 1.77. The first kappa shape index (κ1) is 21.6. The summed E-state index contributed by atoms with van der Waals surface area (Å²) < 4.78 is 4.98. The van der Waals surface area contributed by atoms with Crippen LogP contribution < -0.4 is 10.6 Å². The number of benzene rings is 2. The van der Waals surface area contributed by atoms with E-state index in [0.29, 0.717) is 43.2 Å². The maximum absolute atomic E-state index is 12.4. The van der Waals surface area contributed by atoms with Crippen molar-refractivity contribution in [1.29, 1.82) is 0 Å². The summed E-state index contributed by atoms with van der Waals surface area (Å²) in [6.45, 7) is 5.44. The normalized spacial score (nSPS) is 10.7. The van der Waals surface area contributed by atoms with Crippen LogP contribution in [0.5, 0.6) is 0 Å². The largest absolute Gasteiger partial charge is 0.385 e. The van der Waals surface area contributed by atoms with Gasteiger partial charge >= 0.3 is 0 Å². The van der Waals surface area contributed by atoms with Crippen molar-refractivity contribution in [1.82, 2.24) is 5.32 Å². The van der Waals surface area contributed by atoms with E-state index in [2.05, 4.69) is 48.7 Å². The Kier molecular flexibility index (Phi) is 8.69. The second-order valence-corrected chi connectivity index (χ2v) is 7.09. The highest BCUT2D eigenvalue weighted by Crippen LogP contribution is 2.17. The van der Waals surface area contributed by atoms with Gasteiger partial charge in [0.25, 0.3) is 5.91 Å². The van der Waals surface area contributed by atoms with Crippen molar-refractivity contribution in [3.8, 4) is 0 Å². The molecule has 5 nitrogen and oxygen atoms in total. The van der Waals surface area contributed by atoms with Gasteiger partial charge in [-0.3, -0.25) is 9.59 Å². The number of nitrogens with one attached hydrogen (secondary N) is 2. The Labute approximate surface area is 167 Å². The number of carbonyl (C=O) groups is 2. The van der Waals surface area contributed by atoms with Crippen LogP contribution in [0.2, 0.25) is 0 Å². The van der Waals surface area contributed by atoms with Gasteiger partial charge < -0.3 is 15.4 Å². The summed E-state index contributed by atoms with van der Waals surface area (Å²) in [5, 5.41) is 5.72. The Morgan fingerprint density at radius 1 is 1.04 bits per heavy atom. The molecule has 2 amide bonds. The predicted molar refractivity (Wildman–Crippen MR) is 113 cm³/mol. The molecule has 0 saturated heterocycles. The third-order valence-electron chi connectivity index (χ3n) is 4.54. The molecule has 28 heavy (non-hydrogen) atoms. The van der Waals surface area contributed by atoms with E-state index in [1.165, 1.54) is 5.56 Å². The molecule has 2 aromatic rings. The van der Waals surface area contributed by atoms with E-state index in [9.17, 15) is 9.59 Å². The molecular formula is C23H30N2O3. The molecule has 0 aliphatic heterocycles. The van der Waals surface area contributed by atoms with Crippen LogP contribution in [-0.4, -0.2) is 32.1 Å². The minimum Gasteiger partial charge on any atom is -0.385 e. The van der Waals surface area contributed by atoms with Crippen LogP contribution in [0.25, 0.3) is 0 Å². The van der Waals surface area contributed by atoms with Gasteiger partial charge in [-0.05, 0) is 42.0 Å². The van der Waals surface area contributed by atoms with Gasteiger partial charge in [0.2, 0.25) is 5.91 Å². The van der Waals surface area contributed by atoms with Gasteiger partial charge in [0, 0.05) is 26.7 Å². The van der Waals surface area contributed by atoms with Crippen molar-refractivity contribution >= 4 is 17.5 Å². The molecular weight excluding hydrogens is 352 g/mol. The molecule has 0 fully saturated rings. The van der Waals surface area contributed by atoms with E-state index in [-0.39, 0.29) is 11.8 Å². The highest BCUT2D eigenvalue weighted by atomic mass is 16.5. The van der Waals surface area contributed by atoms with E-state index in [4.69, 9.17) is 4.74 Å². The van der Waals surface area contributed by atoms with Gasteiger partial charge in [0.15, 0.2) is 0 Å². The van der Waals surface area contributed by atoms with Crippen LogP contribution in [0.15, 0.2) is 48.5 Å². The van der Waals surface area contributed by atoms with Gasteiger partial charge in [0.1, 0.15) is 0 Å². The molecule has 2 aromatic carbocycles. The number of aryl methyl sites for hydroxylation is 1. The zero-order valence-corrected chi connectivity index (χ0v) is 17.0. The van der Waals surface area contributed by atoms with Crippen molar-refractivity contribution in [2.75, 3.05) is 25.6 Å². The lowest BCUT2D eigenvalue weighted by Crippen LogP contribution is -2.26. The molecule has 0 bridgehead atoms. The second-order valence-electron chi connectivity index (χ2n) is 7.09. The molecule has 0 aliphatic rings. The van der Waals surface area contributed by atoms with Crippen LogP contribution >= 0.6 is 0 Å². The first-order chi connectivity index (χ1) is 13.5. The van der Waals surface area contributed by atoms with E-state index >= 15 is 0 Å². The Morgan fingerprint density at radius 3 is 2.43 bits per heavy atom. The van der Waals surface area contributed by atoms with Gasteiger partial charge in [0.05, 0.1) is 11.3 Å². The maximum atomic E-state index is 12.4. The van der Waals surface area contributed by atoms with Crippen LogP contribution in [0.1, 0.15) is 54.1 Å². The Balaban J connectivity index is 1.90. The van der Waals surface area contributed by atoms with Crippen LogP contribution in [-0.2, 0) is 16.0 Å². The average molecular weight is 383 g/mol. The zero-order valence-electron chi connectivity index (χ0n) is 17.0. The summed E-state index contributed by atoms with van der Waals surface area (Å²) in [5.41, 5.74) is 3.42.